The first kappa shape index (κ1) is 11.8. The number of nitrogens with zero attached hydrogens (tertiary/aromatic N) is 1. The van der Waals surface area contributed by atoms with E-state index in [-0.39, 0.29) is 5.54 Å². The number of hydrogen-bond donors (Lipinski definition) is 1. The standard InChI is InChI=1S/C15H18N2/c1-12-5-3-7-14(9-12)15(2,16)10-13-6-4-8-17-11-13/h3-9,11H,10,16H2,1-2H3. The fraction of sp³-hybridized carbons (Fsp3) is 0.267. The number of aryl methyl sites for hydroxylation is 1. The number of aromatic nitrogens is 1. The second-order valence-electron chi connectivity index (χ2n) is 4.82. The van der Waals surface area contributed by atoms with Crippen molar-refractivity contribution in [2.24, 2.45) is 5.73 Å². The van der Waals surface area contributed by atoms with E-state index in [1.54, 1.807) is 6.20 Å². The van der Waals surface area contributed by atoms with Crippen LogP contribution in [-0.2, 0) is 12.0 Å². The Morgan fingerprint density at radius 1 is 1.24 bits per heavy atom. The maximum absolute atomic E-state index is 6.41. The number of benzene rings is 1. The van der Waals surface area contributed by atoms with E-state index in [0.717, 1.165) is 6.42 Å². The van der Waals surface area contributed by atoms with Crippen molar-refractivity contribution >= 4 is 0 Å². The molecule has 1 unspecified atom stereocenters. The molecule has 0 radical (unpaired) electrons. The van der Waals surface area contributed by atoms with Gasteiger partial charge in [0.25, 0.3) is 0 Å². The minimum absolute atomic E-state index is 0.352. The van der Waals surface area contributed by atoms with Crippen LogP contribution in [0.2, 0.25) is 0 Å². The van der Waals surface area contributed by atoms with E-state index in [9.17, 15) is 0 Å². The Hall–Kier alpha value is -1.67. The first-order valence-corrected chi connectivity index (χ1v) is 5.83. The van der Waals surface area contributed by atoms with Gasteiger partial charge in [-0.25, -0.2) is 0 Å². The summed E-state index contributed by atoms with van der Waals surface area (Å²) in [5.41, 5.74) is 9.63. The predicted octanol–water partition coefficient (Wildman–Crippen LogP) is 2.81. The van der Waals surface area contributed by atoms with Crippen LogP contribution in [0.1, 0.15) is 23.6 Å². The average Bonchev–Trinajstić information content (AvgIpc) is 2.30. The quantitative estimate of drug-likeness (QED) is 0.874. The normalized spacial score (nSPS) is 14.3. The summed E-state index contributed by atoms with van der Waals surface area (Å²) in [4.78, 5) is 4.12. The molecule has 0 spiro atoms. The topological polar surface area (TPSA) is 38.9 Å². The Labute approximate surface area is 103 Å². The van der Waals surface area contributed by atoms with Gasteiger partial charge in [-0.2, -0.15) is 0 Å². The van der Waals surface area contributed by atoms with Gasteiger partial charge in [0.2, 0.25) is 0 Å². The lowest BCUT2D eigenvalue weighted by atomic mass is 9.86. The molecule has 0 amide bonds. The monoisotopic (exact) mass is 226 g/mol. The summed E-state index contributed by atoms with van der Waals surface area (Å²) in [5, 5.41) is 0. The van der Waals surface area contributed by atoms with Gasteiger partial charge in [0, 0.05) is 17.9 Å². The minimum atomic E-state index is -0.352. The number of hydrogen-bond acceptors (Lipinski definition) is 2. The van der Waals surface area contributed by atoms with Crippen molar-refractivity contribution in [1.29, 1.82) is 0 Å². The highest BCUT2D eigenvalue weighted by Gasteiger charge is 2.21. The van der Waals surface area contributed by atoms with Gasteiger partial charge in [-0.05, 0) is 37.5 Å². The molecule has 88 valence electrons. The molecular formula is C15H18N2. The number of rotatable bonds is 3. The van der Waals surface area contributed by atoms with Crippen molar-refractivity contribution in [1.82, 2.24) is 4.98 Å². The molecule has 0 saturated heterocycles. The summed E-state index contributed by atoms with van der Waals surface area (Å²) in [6.07, 6.45) is 4.45. The molecule has 1 atom stereocenters. The third-order valence-electron chi connectivity index (χ3n) is 2.97. The van der Waals surface area contributed by atoms with Crippen molar-refractivity contribution in [3.63, 3.8) is 0 Å². The Balaban J connectivity index is 2.25. The summed E-state index contributed by atoms with van der Waals surface area (Å²) < 4.78 is 0. The van der Waals surface area contributed by atoms with Crippen LogP contribution in [0.5, 0.6) is 0 Å². The third kappa shape index (κ3) is 2.92. The van der Waals surface area contributed by atoms with Crippen molar-refractivity contribution in [3.8, 4) is 0 Å². The second-order valence-corrected chi connectivity index (χ2v) is 4.82. The maximum atomic E-state index is 6.41. The van der Waals surface area contributed by atoms with Crippen LogP contribution in [-0.4, -0.2) is 4.98 Å². The first-order chi connectivity index (χ1) is 8.08. The lowest BCUT2D eigenvalue weighted by molar-refractivity contribution is 0.490. The number of pyridine rings is 1. The highest BCUT2D eigenvalue weighted by atomic mass is 14.7. The molecule has 0 bridgehead atoms. The van der Waals surface area contributed by atoms with Crippen LogP contribution in [0.25, 0.3) is 0 Å². The van der Waals surface area contributed by atoms with E-state index in [4.69, 9.17) is 5.73 Å². The van der Waals surface area contributed by atoms with Gasteiger partial charge in [0.1, 0.15) is 0 Å². The highest BCUT2D eigenvalue weighted by molar-refractivity contribution is 5.30. The fourth-order valence-corrected chi connectivity index (χ4v) is 2.03. The van der Waals surface area contributed by atoms with Gasteiger partial charge >= 0.3 is 0 Å². The van der Waals surface area contributed by atoms with E-state index in [1.165, 1.54) is 16.7 Å². The van der Waals surface area contributed by atoms with Gasteiger partial charge in [0.15, 0.2) is 0 Å². The lowest BCUT2D eigenvalue weighted by Gasteiger charge is -2.25. The Morgan fingerprint density at radius 3 is 2.71 bits per heavy atom. The molecule has 1 aromatic carbocycles. The summed E-state index contributed by atoms with van der Waals surface area (Å²) in [6.45, 7) is 4.15. The van der Waals surface area contributed by atoms with Gasteiger partial charge in [-0.1, -0.05) is 35.9 Å². The second kappa shape index (κ2) is 4.68. The number of nitrogens with two attached hydrogens (primary N) is 1. The van der Waals surface area contributed by atoms with Crippen LogP contribution in [0.3, 0.4) is 0 Å². The summed E-state index contributed by atoms with van der Waals surface area (Å²) in [6, 6.07) is 12.4. The van der Waals surface area contributed by atoms with Gasteiger partial charge in [-0.15, -0.1) is 0 Å². The maximum Gasteiger partial charge on any atom is 0.0422 e. The molecule has 0 aliphatic rings. The zero-order chi connectivity index (χ0) is 12.3. The van der Waals surface area contributed by atoms with E-state index in [2.05, 4.69) is 49.2 Å². The molecule has 2 nitrogen and oxygen atoms in total. The Bertz CT molecular complexity index is 489. The van der Waals surface area contributed by atoms with Crippen molar-refractivity contribution < 1.29 is 0 Å². The molecule has 2 aromatic rings. The minimum Gasteiger partial charge on any atom is -0.321 e. The molecule has 0 aliphatic heterocycles. The van der Waals surface area contributed by atoms with E-state index in [0.29, 0.717) is 0 Å². The smallest absolute Gasteiger partial charge is 0.0422 e. The van der Waals surface area contributed by atoms with Crippen LogP contribution >= 0.6 is 0 Å². The molecule has 0 fully saturated rings. The summed E-state index contributed by atoms with van der Waals surface area (Å²) >= 11 is 0. The first-order valence-electron chi connectivity index (χ1n) is 5.83. The zero-order valence-corrected chi connectivity index (χ0v) is 10.4. The van der Waals surface area contributed by atoms with Crippen LogP contribution in [0, 0.1) is 6.92 Å². The van der Waals surface area contributed by atoms with E-state index < -0.39 is 0 Å². The zero-order valence-electron chi connectivity index (χ0n) is 10.4. The lowest BCUT2D eigenvalue weighted by Crippen LogP contribution is -2.35. The molecule has 2 N–H and O–H groups in total. The average molecular weight is 226 g/mol. The molecule has 1 aromatic heterocycles. The molecular weight excluding hydrogens is 208 g/mol. The summed E-state index contributed by atoms with van der Waals surface area (Å²) in [7, 11) is 0. The van der Waals surface area contributed by atoms with E-state index >= 15 is 0 Å². The fourth-order valence-electron chi connectivity index (χ4n) is 2.03. The van der Waals surface area contributed by atoms with Crippen molar-refractivity contribution in [2.45, 2.75) is 25.8 Å². The SMILES string of the molecule is Cc1cccc(C(C)(N)Cc2cccnc2)c1. The molecule has 1 heterocycles. The highest BCUT2D eigenvalue weighted by Crippen LogP contribution is 2.23. The largest absolute Gasteiger partial charge is 0.321 e. The molecule has 2 heteroatoms. The van der Waals surface area contributed by atoms with Crippen LogP contribution < -0.4 is 5.73 Å². The Kier molecular flexibility index (Phi) is 3.25. The van der Waals surface area contributed by atoms with Crippen molar-refractivity contribution in [2.75, 3.05) is 0 Å². The predicted molar refractivity (Wildman–Crippen MR) is 70.7 cm³/mol. The molecule has 17 heavy (non-hydrogen) atoms. The summed E-state index contributed by atoms with van der Waals surface area (Å²) in [5.74, 6) is 0. The molecule has 2 rings (SSSR count). The van der Waals surface area contributed by atoms with E-state index in [1.807, 2.05) is 12.3 Å². The third-order valence-corrected chi connectivity index (χ3v) is 2.97. The van der Waals surface area contributed by atoms with Gasteiger partial charge in [-0.3, -0.25) is 4.98 Å². The Morgan fingerprint density at radius 2 is 2.06 bits per heavy atom. The van der Waals surface area contributed by atoms with Crippen LogP contribution in [0.15, 0.2) is 48.8 Å². The van der Waals surface area contributed by atoms with Gasteiger partial charge in [0.05, 0.1) is 0 Å². The molecule has 0 saturated carbocycles. The van der Waals surface area contributed by atoms with Gasteiger partial charge < -0.3 is 5.73 Å². The molecule has 0 aliphatic carbocycles. The van der Waals surface area contributed by atoms with Crippen LogP contribution in [0.4, 0.5) is 0 Å². The van der Waals surface area contributed by atoms with Crippen molar-refractivity contribution in [3.05, 3.63) is 65.5 Å².